The molecule has 0 heterocycles. The average Bonchev–Trinajstić information content (AvgIpc) is 3.29. The fraction of sp³-hybridized carbons (Fsp3) is 0.826. The summed E-state index contributed by atoms with van der Waals surface area (Å²) in [4.78, 5) is 12.1. The molecule has 5 aliphatic carbocycles. The quantitative estimate of drug-likeness (QED) is 0.623. The maximum absolute atomic E-state index is 12.1. The molecule has 0 amide bonds. The zero-order valence-electron chi connectivity index (χ0n) is 16.1. The predicted molar refractivity (Wildman–Crippen MR) is 97.3 cm³/mol. The van der Waals surface area contributed by atoms with Crippen LogP contribution in [0.3, 0.4) is 0 Å². The van der Waals surface area contributed by atoms with Gasteiger partial charge in [0.15, 0.2) is 5.78 Å². The van der Waals surface area contributed by atoms with Gasteiger partial charge in [-0.15, -0.1) is 0 Å². The summed E-state index contributed by atoms with van der Waals surface area (Å²) in [6.45, 7) is 9.74. The molecule has 0 aromatic rings. The van der Waals surface area contributed by atoms with E-state index in [0.717, 1.165) is 36.5 Å². The average molecular weight is 338 g/mol. The van der Waals surface area contributed by atoms with Crippen LogP contribution in [0.15, 0.2) is 11.6 Å². The minimum atomic E-state index is 0.223. The predicted octanol–water partition coefficient (Wildman–Crippen LogP) is 5.01. The molecule has 0 N–H and O–H groups in total. The Labute approximate surface area is 152 Å². The van der Waals surface area contributed by atoms with Gasteiger partial charge in [0.1, 0.15) is 0 Å². The van der Waals surface area contributed by atoms with E-state index in [-0.39, 0.29) is 10.8 Å². The third-order valence-corrected chi connectivity index (χ3v) is 9.84. The van der Waals surface area contributed by atoms with Gasteiger partial charge in [-0.1, -0.05) is 33.3 Å². The Morgan fingerprint density at radius 1 is 1.20 bits per heavy atom. The van der Waals surface area contributed by atoms with E-state index >= 15 is 0 Å². The largest absolute Gasteiger partial charge is 0.295 e. The van der Waals surface area contributed by atoms with Gasteiger partial charge in [0.25, 0.3) is 0 Å². The first-order valence-electron chi connectivity index (χ1n) is 10.5. The summed E-state index contributed by atoms with van der Waals surface area (Å²) in [6.07, 6.45) is 7.60. The Morgan fingerprint density at radius 3 is 2.68 bits per heavy atom. The third-order valence-electron chi connectivity index (χ3n) is 9.84. The smallest absolute Gasteiger partial charge is 0.155 e. The number of hydrogen-bond donors (Lipinski definition) is 0. The Hall–Kier alpha value is -1.10. The van der Waals surface area contributed by atoms with Crippen LogP contribution < -0.4 is 0 Å². The Balaban J connectivity index is 1.61. The molecule has 0 aromatic carbocycles. The molecular formula is C23H31NO. The number of nitriles is 1. The van der Waals surface area contributed by atoms with E-state index in [0.29, 0.717) is 29.5 Å². The van der Waals surface area contributed by atoms with Crippen molar-refractivity contribution < 1.29 is 4.79 Å². The second kappa shape index (κ2) is 4.79. The molecule has 134 valence electrons. The topological polar surface area (TPSA) is 40.9 Å². The molecule has 0 radical (unpaired) electrons. The molecule has 4 saturated carbocycles. The van der Waals surface area contributed by atoms with Gasteiger partial charge in [0, 0.05) is 6.42 Å². The van der Waals surface area contributed by atoms with E-state index in [1.807, 2.05) is 6.08 Å². The van der Waals surface area contributed by atoms with Gasteiger partial charge in [-0.3, -0.25) is 4.79 Å². The SMILES string of the molecule is C[C@@H]1[C@H]2[C@@H]3[C@@H]4C[C@@H]4[C@H](C#N)[C@@]3(C)CC[C@@H]2[C@@]2(C)CCC(=O)C=C2[C@@H]1C. The number of ketones is 1. The number of carbonyl (C=O) groups is 1. The molecule has 5 rings (SSSR count). The van der Waals surface area contributed by atoms with Crippen molar-refractivity contribution >= 4 is 5.78 Å². The standard InChI is InChI=1S/C23H31NO/c1-12-13(2)20-17(22(3)7-5-14(25)9-18(12)22)6-8-23(4)19(11-24)15-10-16(15)21(20)23/h9,12-13,15-17,19-21H,5-8,10H2,1-4H3/t12-,13+,15+,16-,17+,19+,20-,21+,22-,23-/m1/s1. The van der Waals surface area contributed by atoms with Crippen LogP contribution >= 0.6 is 0 Å². The first-order chi connectivity index (χ1) is 11.8. The highest BCUT2D eigenvalue weighted by Gasteiger charge is 2.71. The number of carbonyl (C=O) groups excluding carboxylic acids is 1. The van der Waals surface area contributed by atoms with Gasteiger partial charge in [-0.25, -0.2) is 0 Å². The van der Waals surface area contributed by atoms with Crippen LogP contribution in [0.5, 0.6) is 0 Å². The van der Waals surface area contributed by atoms with Crippen molar-refractivity contribution in [1.82, 2.24) is 0 Å². The molecule has 25 heavy (non-hydrogen) atoms. The molecule has 2 nitrogen and oxygen atoms in total. The highest BCUT2D eigenvalue weighted by atomic mass is 16.1. The fourth-order valence-electron chi connectivity index (χ4n) is 8.46. The highest BCUT2D eigenvalue weighted by Crippen LogP contribution is 2.76. The van der Waals surface area contributed by atoms with Crippen LogP contribution in [0.25, 0.3) is 0 Å². The summed E-state index contributed by atoms with van der Waals surface area (Å²) >= 11 is 0. The molecule has 0 saturated heterocycles. The normalized spacial score (nSPS) is 59.0. The summed E-state index contributed by atoms with van der Waals surface area (Å²) < 4.78 is 0. The lowest BCUT2D eigenvalue weighted by Crippen LogP contribution is -2.56. The molecule has 0 aromatic heterocycles. The van der Waals surface area contributed by atoms with Crippen molar-refractivity contribution in [2.75, 3.05) is 0 Å². The van der Waals surface area contributed by atoms with Crippen molar-refractivity contribution in [3.05, 3.63) is 11.6 Å². The van der Waals surface area contributed by atoms with Crippen LogP contribution in [-0.4, -0.2) is 5.78 Å². The van der Waals surface area contributed by atoms with Crippen LogP contribution in [0.2, 0.25) is 0 Å². The zero-order chi connectivity index (χ0) is 17.7. The maximum atomic E-state index is 12.1. The lowest BCUT2D eigenvalue weighted by molar-refractivity contribution is -0.121. The summed E-state index contributed by atoms with van der Waals surface area (Å²) in [5.74, 6) is 5.51. The molecule has 10 atom stereocenters. The van der Waals surface area contributed by atoms with Gasteiger partial charge >= 0.3 is 0 Å². The van der Waals surface area contributed by atoms with E-state index in [1.165, 1.54) is 24.8 Å². The van der Waals surface area contributed by atoms with Gasteiger partial charge in [-0.2, -0.15) is 5.26 Å². The molecule has 0 spiro atoms. The molecule has 0 bridgehead atoms. The number of rotatable bonds is 0. The monoisotopic (exact) mass is 337 g/mol. The minimum Gasteiger partial charge on any atom is -0.295 e. The lowest BCUT2D eigenvalue weighted by atomic mass is 9.42. The minimum absolute atomic E-state index is 0.223. The molecule has 0 unspecified atom stereocenters. The summed E-state index contributed by atoms with van der Waals surface area (Å²) in [7, 11) is 0. The first-order valence-corrected chi connectivity index (χ1v) is 10.5. The molecule has 5 aliphatic rings. The Morgan fingerprint density at radius 2 is 1.96 bits per heavy atom. The number of allylic oxidation sites excluding steroid dienone is 1. The summed E-state index contributed by atoms with van der Waals surface area (Å²) in [5, 5.41) is 9.85. The van der Waals surface area contributed by atoms with Crippen LogP contribution in [0.1, 0.15) is 59.8 Å². The van der Waals surface area contributed by atoms with Crippen LogP contribution in [0.4, 0.5) is 0 Å². The molecule has 0 aliphatic heterocycles. The van der Waals surface area contributed by atoms with E-state index in [9.17, 15) is 10.1 Å². The van der Waals surface area contributed by atoms with Crippen molar-refractivity contribution in [2.45, 2.75) is 59.8 Å². The second-order valence-corrected chi connectivity index (χ2v) is 10.6. The van der Waals surface area contributed by atoms with E-state index < -0.39 is 0 Å². The van der Waals surface area contributed by atoms with Crippen molar-refractivity contribution in [2.24, 2.45) is 58.2 Å². The number of hydrogen-bond acceptors (Lipinski definition) is 2. The Bertz CT molecular complexity index is 716. The maximum Gasteiger partial charge on any atom is 0.155 e. The van der Waals surface area contributed by atoms with Crippen LogP contribution in [-0.2, 0) is 4.79 Å². The van der Waals surface area contributed by atoms with Crippen molar-refractivity contribution in [3.63, 3.8) is 0 Å². The van der Waals surface area contributed by atoms with Crippen molar-refractivity contribution in [1.29, 1.82) is 5.26 Å². The van der Waals surface area contributed by atoms with E-state index in [4.69, 9.17) is 0 Å². The highest BCUT2D eigenvalue weighted by molar-refractivity contribution is 5.91. The van der Waals surface area contributed by atoms with Crippen LogP contribution in [0, 0.1) is 69.5 Å². The number of fused-ring (bicyclic) bond motifs is 7. The summed E-state index contributed by atoms with van der Waals surface area (Å²) in [6, 6.07) is 2.73. The molecule has 4 fully saturated rings. The zero-order valence-corrected chi connectivity index (χ0v) is 16.1. The van der Waals surface area contributed by atoms with E-state index in [1.54, 1.807) is 0 Å². The third kappa shape index (κ3) is 1.78. The van der Waals surface area contributed by atoms with Gasteiger partial charge in [0.2, 0.25) is 0 Å². The first kappa shape index (κ1) is 16.1. The molecular weight excluding hydrogens is 306 g/mol. The van der Waals surface area contributed by atoms with Gasteiger partial charge in [-0.05, 0) is 84.0 Å². The second-order valence-electron chi connectivity index (χ2n) is 10.6. The van der Waals surface area contributed by atoms with Crippen molar-refractivity contribution in [3.8, 4) is 6.07 Å². The Kier molecular flexibility index (Phi) is 3.08. The summed E-state index contributed by atoms with van der Waals surface area (Å²) in [5.41, 5.74) is 1.93. The fourth-order valence-corrected chi connectivity index (χ4v) is 8.46. The number of nitrogens with zero attached hydrogens (tertiary/aromatic N) is 1. The molecule has 2 heteroatoms. The van der Waals surface area contributed by atoms with Gasteiger partial charge in [0.05, 0.1) is 12.0 Å². The lowest BCUT2D eigenvalue weighted by Gasteiger charge is -2.62. The van der Waals surface area contributed by atoms with E-state index in [2.05, 4.69) is 33.8 Å². The van der Waals surface area contributed by atoms with Gasteiger partial charge < -0.3 is 0 Å².